The van der Waals surface area contributed by atoms with Gasteiger partial charge in [0.25, 0.3) is 0 Å². The van der Waals surface area contributed by atoms with Gasteiger partial charge in [-0.1, -0.05) is 18.2 Å². The summed E-state index contributed by atoms with van der Waals surface area (Å²) in [7, 11) is 0. The van der Waals surface area contributed by atoms with Gasteiger partial charge in [0.15, 0.2) is 0 Å². The van der Waals surface area contributed by atoms with Gasteiger partial charge in [0.2, 0.25) is 0 Å². The van der Waals surface area contributed by atoms with Crippen LogP contribution in [0.15, 0.2) is 42.5 Å². The van der Waals surface area contributed by atoms with E-state index in [1.165, 1.54) is 11.3 Å². The molecule has 1 N–H and O–H groups in total. The molecule has 126 valence electrons. The summed E-state index contributed by atoms with van der Waals surface area (Å²) in [6.45, 7) is 3.05. The van der Waals surface area contributed by atoms with Crippen LogP contribution in [0.2, 0.25) is 0 Å². The van der Waals surface area contributed by atoms with Crippen molar-refractivity contribution in [2.75, 3.05) is 24.5 Å². The number of rotatable bonds is 1. The molecular weight excluding hydrogens is 313 g/mol. The summed E-state index contributed by atoms with van der Waals surface area (Å²) < 4.78 is 38.1. The van der Waals surface area contributed by atoms with E-state index < -0.39 is 11.7 Å². The molecular formula is C19H19F3N2. The fourth-order valence-electron chi connectivity index (χ4n) is 3.78. The Kier molecular flexibility index (Phi) is 3.76. The minimum atomic E-state index is -4.29. The molecule has 2 heterocycles. The Bertz CT molecular complexity index is 737. The predicted molar refractivity (Wildman–Crippen MR) is 89.2 cm³/mol. The fourth-order valence-corrected chi connectivity index (χ4v) is 3.78. The molecule has 2 nitrogen and oxygen atoms in total. The van der Waals surface area contributed by atoms with E-state index in [0.29, 0.717) is 6.04 Å². The van der Waals surface area contributed by atoms with Gasteiger partial charge in [-0.15, -0.1) is 0 Å². The molecule has 1 fully saturated rings. The normalized spacial score (nSPS) is 20.5. The summed E-state index contributed by atoms with van der Waals surface area (Å²) in [5.41, 5.74) is 3.79. The van der Waals surface area contributed by atoms with E-state index in [9.17, 15) is 13.2 Å². The predicted octanol–water partition coefficient (Wildman–Crippen LogP) is 4.10. The molecule has 2 aliphatic heterocycles. The van der Waals surface area contributed by atoms with Crippen molar-refractivity contribution in [2.24, 2.45) is 0 Å². The van der Waals surface area contributed by atoms with Crippen LogP contribution in [-0.4, -0.2) is 25.7 Å². The molecule has 2 aliphatic rings. The molecule has 0 bridgehead atoms. The minimum Gasteiger partial charge on any atom is -0.367 e. The van der Waals surface area contributed by atoms with Gasteiger partial charge in [-0.25, -0.2) is 0 Å². The molecule has 24 heavy (non-hydrogen) atoms. The maximum atomic E-state index is 12.7. The first-order valence-corrected chi connectivity index (χ1v) is 8.30. The summed E-state index contributed by atoms with van der Waals surface area (Å²) in [4.78, 5) is 2.46. The Balaban J connectivity index is 1.63. The average Bonchev–Trinajstić information content (AvgIpc) is 2.74. The largest absolute Gasteiger partial charge is 0.416 e. The first-order valence-electron chi connectivity index (χ1n) is 8.30. The second kappa shape index (κ2) is 5.81. The monoisotopic (exact) mass is 332 g/mol. The van der Waals surface area contributed by atoms with Crippen molar-refractivity contribution in [2.45, 2.75) is 25.1 Å². The molecule has 0 saturated carbocycles. The van der Waals surface area contributed by atoms with Crippen molar-refractivity contribution >= 4 is 5.69 Å². The summed E-state index contributed by atoms with van der Waals surface area (Å²) in [5, 5.41) is 3.43. The number of fused-ring (bicyclic) bond motifs is 3. The number of alkyl halides is 3. The molecule has 2 aromatic carbocycles. The van der Waals surface area contributed by atoms with E-state index in [0.717, 1.165) is 55.7 Å². The van der Waals surface area contributed by atoms with Gasteiger partial charge in [0.1, 0.15) is 0 Å². The third kappa shape index (κ3) is 2.77. The van der Waals surface area contributed by atoms with Crippen LogP contribution < -0.4 is 10.2 Å². The second-order valence-corrected chi connectivity index (χ2v) is 6.51. The summed E-state index contributed by atoms with van der Waals surface area (Å²) in [5.74, 6) is 0. The lowest BCUT2D eigenvalue weighted by Crippen LogP contribution is -2.32. The molecule has 0 amide bonds. The number of benzene rings is 2. The van der Waals surface area contributed by atoms with Crippen molar-refractivity contribution in [1.29, 1.82) is 0 Å². The highest BCUT2D eigenvalue weighted by Gasteiger charge is 2.31. The van der Waals surface area contributed by atoms with Crippen LogP contribution in [0.1, 0.15) is 17.5 Å². The van der Waals surface area contributed by atoms with Crippen LogP contribution in [0.4, 0.5) is 18.9 Å². The smallest absolute Gasteiger partial charge is 0.367 e. The van der Waals surface area contributed by atoms with Gasteiger partial charge in [0, 0.05) is 24.8 Å². The Morgan fingerprint density at radius 3 is 2.46 bits per heavy atom. The Hall–Kier alpha value is -2.01. The van der Waals surface area contributed by atoms with E-state index >= 15 is 0 Å². The van der Waals surface area contributed by atoms with E-state index in [1.54, 1.807) is 12.1 Å². The van der Waals surface area contributed by atoms with Gasteiger partial charge in [0.05, 0.1) is 5.56 Å². The first kappa shape index (κ1) is 15.5. The standard InChI is InChI=1S/C19H19F3N2/c20-19(21,22)16-4-1-13(2-5-16)14-3-6-18-15(11-14)12-17-7-8-23-9-10-24(17)18/h1-6,11,17,23H,7-10,12H2. The van der Waals surface area contributed by atoms with E-state index in [4.69, 9.17) is 0 Å². The van der Waals surface area contributed by atoms with Crippen molar-refractivity contribution in [3.8, 4) is 11.1 Å². The number of hydrogen-bond acceptors (Lipinski definition) is 2. The number of hydrogen-bond donors (Lipinski definition) is 1. The Morgan fingerprint density at radius 2 is 1.71 bits per heavy atom. The molecule has 0 spiro atoms. The summed E-state index contributed by atoms with van der Waals surface area (Å²) in [6.07, 6.45) is -2.14. The van der Waals surface area contributed by atoms with Gasteiger partial charge >= 0.3 is 6.18 Å². The Morgan fingerprint density at radius 1 is 0.958 bits per heavy atom. The number of anilines is 1. The molecule has 2 aromatic rings. The highest BCUT2D eigenvalue weighted by atomic mass is 19.4. The molecule has 0 aliphatic carbocycles. The van der Waals surface area contributed by atoms with Gasteiger partial charge in [-0.3, -0.25) is 0 Å². The first-order chi connectivity index (χ1) is 11.5. The minimum absolute atomic E-state index is 0.540. The lowest BCUT2D eigenvalue weighted by atomic mass is 9.99. The van der Waals surface area contributed by atoms with Crippen molar-refractivity contribution in [3.63, 3.8) is 0 Å². The second-order valence-electron chi connectivity index (χ2n) is 6.51. The average molecular weight is 332 g/mol. The highest BCUT2D eigenvalue weighted by molar-refractivity contribution is 5.71. The molecule has 0 aromatic heterocycles. The van der Waals surface area contributed by atoms with Crippen LogP contribution in [-0.2, 0) is 12.6 Å². The molecule has 5 heteroatoms. The molecule has 0 radical (unpaired) electrons. The highest BCUT2D eigenvalue weighted by Crippen LogP contribution is 2.37. The molecule has 1 atom stereocenters. The third-order valence-corrected chi connectivity index (χ3v) is 5.01. The molecule has 1 saturated heterocycles. The summed E-state index contributed by atoms with van der Waals surface area (Å²) in [6, 6.07) is 12.2. The zero-order valence-corrected chi connectivity index (χ0v) is 13.2. The van der Waals surface area contributed by atoms with E-state index in [-0.39, 0.29) is 0 Å². The Labute approximate surface area is 139 Å². The third-order valence-electron chi connectivity index (χ3n) is 5.01. The van der Waals surface area contributed by atoms with Crippen LogP contribution in [0.3, 0.4) is 0 Å². The van der Waals surface area contributed by atoms with Crippen molar-refractivity contribution in [3.05, 3.63) is 53.6 Å². The fraction of sp³-hybridized carbons (Fsp3) is 0.368. The maximum absolute atomic E-state index is 12.7. The van der Waals surface area contributed by atoms with Crippen LogP contribution in [0.25, 0.3) is 11.1 Å². The van der Waals surface area contributed by atoms with Gasteiger partial charge in [-0.05, 0) is 60.3 Å². The maximum Gasteiger partial charge on any atom is 0.416 e. The van der Waals surface area contributed by atoms with E-state index in [1.807, 2.05) is 6.07 Å². The molecule has 4 rings (SSSR count). The summed E-state index contributed by atoms with van der Waals surface area (Å²) >= 11 is 0. The lowest BCUT2D eigenvalue weighted by molar-refractivity contribution is -0.137. The lowest BCUT2D eigenvalue weighted by Gasteiger charge is -2.24. The van der Waals surface area contributed by atoms with Crippen LogP contribution >= 0.6 is 0 Å². The zero-order valence-electron chi connectivity index (χ0n) is 13.2. The van der Waals surface area contributed by atoms with Crippen molar-refractivity contribution < 1.29 is 13.2 Å². The van der Waals surface area contributed by atoms with Crippen molar-refractivity contribution in [1.82, 2.24) is 5.32 Å². The van der Waals surface area contributed by atoms with Gasteiger partial charge < -0.3 is 10.2 Å². The van der Waals surface area contributed by atoms with Gasteiger partial charge in [-0.2, -0.15) is 13.2 Å². The number of nitrogens with zero attached hydrogens (tertiary/aromatic N) is 1. The van der Waals surface area contributed by atoms with Crippen LogP contribution in [0.5, 0.6) is 0 Å². The quantitative estimate of drug-likeness (QED) is 0.846. The number of halogens is 3. The zero-order chi connectivity index (χ0) is 16.7. The van der Waals surface area contributed by atoms with E-state index in [2.05, 4.69) is 22.3 Å². The SMILES string of the molecule is FC(F)(F)c1ccc(-c2ccc3c(c2)CC2CCNCCN32)cc1. The topological polar surface area (TPSA) is 15.3 Å². The van der Waals surface area contributed by atoms with Crippen LogP contribution in [0, 0.1) is 0 Å². The number of nitrogens with one attached hydrogen (secondary N) is 1. The molecule has 1 unspecified atom stereocenters.